The number of amides is 1. The summed E-state index contributed by atoms with van der Waals surface area (Å²) in [6.07, 6.45) is 3.82. The van der Waals surface area contributed by atoms with Gasteiger partial charge in [-0.25, -0.2) is 0 Å². The van der Waals surface area contributed by atoms with Gasteiger partial charge in [0.25, 0.3) is 0 Å². The van der Waals surface area contributed by atoms with Crippen LogP contribution in [0.15, 0.2) is 29.3 Å². The molecule has 8 heteroatoms. The van der Waals surface area contributed by atoms with Gasteiger partial charge in [0.1, 0.15) is 5.75 Å². The minimum absolute atomic E-state index is 0. The first-order chi connectivity index (χ1) is 14.6. The van der Waals surface area contributed by atoms with Gasteiger partial charge in [-0.05, 0) is 50.6 Å². The lowest BCUT2D eigenvalue weighted by atomic mass is 10.0. The number of methoxy groups -OCH3 is 1. The van der Waals surface area contributed by atoms with Crippen LogP contribution in [0, 0.1) is 0 Å². The molecule has 2 aliphatic heterocycles. The van der Waals surface area contributed by atoms with Crippen LogP contribution in [-0.4, -0.2) is 86.0 Å². The Kier molecular flexibility index (Phi) is 10.9. The number of halogens is 1. The molecule has 174 valence electrons. The summed E-state index contributed by atoms with van der Waals surface area (Å²) in [4.78, 5) is 23.5. The predicted octanol–water partition coefficient (Wildman–Crippen LogP) is 2.97. The number of hydrogen-bond acceptors (Lipinski definition) is 4. The summed E-state index contributed by atoms with van der Waals surface area (Å²) in [6.45, 7) is 10.7. The van der Waals surface area contributed by atoms with Gasteiger partial charge in [0.05, 0.1) is 19.7 Å². The first-order valence-electron chi connectivity index (χ1n) is 11.3. The third kappa shape index (κ3) is 7.24. The molecule has 1 aromatic carbocycles. The summed E-state index contributed by atoms with van der Waals surface area (Å²) in [5.41, 5.74) is 1.29. The molecule has 3 rings (SSSR count). The predicted molar refractivity (Wildman–Crippen MR) is 136 cm³/mol. The first-order valence-corrected chi connectivity index (χ1v) is 11.3. The molecule has 31 heavy (non-hydrogen) atoms. The summed E-state index contributed by atoms with van der Waals surface area (Å²) in [5.74, 6) is 1.99. The highest BCUT2D eigenvalue weighted by Crippen LogP contribution is 2.26. The topological polar surface area (TPSA) is 60.4 Å². The summed E-state index contributed by atoms with van der Waals surface area (Å²) in [6, 6.07) is 8.70. The van der Waals surface area contributed by atoms with Gasteiger partial charge in [-0.15, -0.1) is 24.0 Å². The van der Waals surface area contributed by atoms with Crippen LogP contribution in [0.2, 0.25) is 0 Å². The number of hydrogen-bond donors (Lipinski definition) is 1. The molecule has 0 aliphatic carbocycles. The summed E-state index contributed by atoms with van der Waals surface area (Å²) >= 11 is 0. The van der Waals surface area contributed by atoms with E-state index in [4.69, 9.17) is 9.73 Å². The summed E-state index contributed by atoms with van der Waals surface area (Å²) < 4.78 is 5.34. The number of ether oxygens (including phenoxy) is 1. The van der Waals surface area contributed by atoms with Crippen LogP contribution in [0.3, 0.4) is 0 Å². The number of guanidine groups is 1. The van der Waals surface area contributed by atoms with Crippen molar-refractivity contribution in [1.82, 2.24) is 20.0 Å². The molecular formula is C23H38IN5O2. The maximum Gasteiger partial charge on any atom is 0.219 e. The Balaban J connectivity index is 0.00000341. The number of carbonyl (C=O) groups excluding carboxylic acids is 1. The Bertz CT molecular complexity index is 698. The fourth-order valence-corrected chi connectivity index (χ4v) is 4.32. The van der Waals surface area contributed by atoms with Gasteiger partial charge in [-0.3, -0.25) is 14.7 Å². The summed E-state index contributed by atoms with van der Waals surface area (Å²) in [7, 11) is 1.70. The number of nitrogens with zero attached hydrogens (tertiary/aromatic N) is 4. The molecule has 0 bridgehead atoms. The monoisotopic (exact) mass is 543 g/mol. The van der Waals surface area contributed by atoms with Crippen molar-refractivity contribution >= 4 is 35.8 Å². The maximum atomic E-state index is 11.6. The van der Waals surface area contributed by atoms with Gasteiger partial charge in [-0.2, -0.15) is 0 Å². The molecule has 1 unspecified atom stereocenters. The van der Waals surface area contributed by atoms with E-state index < -0.39 is 0 Å². The van der Waals surface area contributed by atoms with E-state index in [0.717, 1.165) is 64.1 Å². The quantitative estimate of drug-likeness (QED) is 0.340. The van der Waals surface area contributed by atoms with Crippen molar-refractivity contribution in [3.05, 3.63) is 29.8 Å². The highest BCUT2D eigenvalue weighted by Gasteiger charge is 2.24. The van der Waals surface area contributed by atoms with E-state index in [2.05, 4.69) is 34.2 Å². The molecule has 2 aliphatic rings. The zero-order chi connectivity index (χ0) is 21.3. The number of piperazine rings is 1. The van der Waals surface area contributed by atoms with Crippen molar-refractivity contribution in [3.8, 4) is 5.75 Å². The SMILES string of the molecule is CCNC(=NCC(c1ccc(OC)cc1)N1CCCCC1)N1CCN(C(C)=O)CC1.I. The largest absolute Gasteiger partial charge is 0.497 e. The van der Waals surface area contributed by atoms with E-state index >= 15 is 0 Å². The van der Waals surface area contributed by atoms with Gasteiger partial charge in [0, 0.05) is 39.6 Å². The van der Waals surface area contributed by atoms with Crippen LogP contribution in [0.4, 0.5) is 0 Å². The molecule has 0 saturated carbocycles. The number of piperidine rings is 1. The molecule has 1 atom stereocenters. The van der Waals surface area contributed by atoms with Gasteiger partial charge in [-0.1, -0.05) is 18.6 Å². The Morgan fingerprint density at radius 1 is 1.03 bits per heavy atom. The van der Waals surface area contributed by atoms with Crippen LogP contribution >= 0.6 is 24.0 Å². The second-order valence-corrected chi connectivity index (χ2v) is 8.07. The first kappa shape index (κ1) is 25.7. The van der Waals surface area contributed by atoms with Gasteiger partial charge >= 0.3 is 0 Å². The van der Waals surface area contributed by atoms with E-state index in [1.807, 2.05) is 17.0 Å². The van der Waals surface area contributed by atoms with Crippen molar-refractivity contribution in [2.45, 2.75) is 39.2 Å². The molecule has 1 N–H and O–H groups in total. The van der Waals surface area contributed by atoms with Crippen LogP contribution in [0.25, 0.3) is 0 Å². The average molecular weight is 543 g/mol. The number of benzene rings is 1. The standard InChI is InChI=1S/C23H37N5O2.HI/c1-4-24-23(28-16-14-26(15-17-28)19(2)29)25-18-22(27-12-6-5-7-13-27)20-8-10-21(30-3)11-9-20;/h8-11,22H,4-7,12-18H2,1-3H3,(H,24,25);1H. The Morgan fingerprint density at radius 2 is 1.65 bits per heavy atom. The number of rotatable bonds is 6. The Labute approximate surface area is 204 Å². The molecule has 1 amide bonds. The number of likely N-dealkylation sites (tertiary alicyclic amines) is 1. The van der Waals surface area contributed by atoms with E-state index in [-0.39, 0.29) is 35.9 Å². The van der Waals surface area contributed by atoms with Gasteiger partial charge < -0.3 is 19.9 Å². The van der Waals surface area contributed by atoms with Crippen LogP contribution in [0.1, 0.15) is 44.7 Å². The number of carbonyl (C=O) groups is 1. The van der Waals surface area contributed by atoms with E-state index in [0.29, 0.717) is 0 Å². The smallest absolute Gasteiger partial charge is 0.219 e. The zero-order valence-electron chi connectivity index (χ0n) is 19.2. The van der Waals surface area contributed by atoms with Crippen molar-refractivity contribution < 1.29 is 9.53 Å². The molecule has 2 saturated heterocycles. The average Bonchev–Trinajstić information content (AvgIpc) is 2.79. The lowest BCUT2D eigenvalue weighted by molar-refractivity contribution is -0.130. The van der Waals surface area contributed by atoms with Crippen LogP contribution in [-0.2, 0) is 4.79 Å². The van der Waals surface area contributed by atoms with Crippen molar-refractivity contribution in [2.24, 2.45) is 4.99 Å². The molecule has 7 nitrogen and oxygen atoms in total. The van der Waals surface area contributed by atoms with E-state index in [9.17, 15) is 4.79 Å². The third-order valence-electron chi connectivity index (χ3n) is 6.11. The lowest BCUT2D eigenvalue weighted by Crippen LogP contribution is -2.53. The molecule has 1 aromatic rings. The zero-order valence-corrected chi connectivity index (χ0v) is 21.5. The van der Waals surface area contributed by atoms with Crippen molar-refractivity contribution in [2.75, 3.05) is 59.5 Å². The Morgan fingerprint density at radius 3 is 2.19 bits per heavy atom. The molecule has 0 radical (unpaired) electrons. The minimum Gasteiger partial charge on any atom is -0.497 e. The third-order valence-corrected chi connectivity index (χ3v) is 6.11. The fourth-order valence-electron chi connectivity index (χ4n) is 4.32. The number of nitrogens with one attached hydrogen (secondary N) is 1. The fraction of sp³-hybridized carbons (Fsp3) is 0.652. The van der Waals surface area contributed by atoms with Gasteiger partial charge in [0.2, 0.25) is 5.91 Å². The van der Waals surface area contributed by atoms with Crippen molar-refractivity contribution in [1.29, 1.82) is 0 Å². The molecular weight excluding hydrogens is 505 g/mol. The normalized spacial score (nSPS) is 18.9. The second kappa shape index (κ2) is 13.1. The van der Waals surface area contributed by atoms with Crippen molar-refractivity contribution in [3.63, 3.8) is 0 Å². The van der Waals surface area contributed by atoms with E-state index in [1.54, 1.807) is 14.0 Å². The number of aliphatic imine (C=N–C) groups is 1. The Hall–Kier alpha value is -1.55. The highest BCUT2D eigenvalue weighted by atomic mass is 127. The minimum atomic E-state index is 0. The molecule has 2 heterocycles. The maximum absolute atomic E-state index is 11.6. The van der Waals surface area contributed by atoms with Crippen LogP contribution < -0.4 is 10.1 Å². The highest BCUT2D eigenvalue weighted by molar-refractivity contribution is 14.0. The van der Waals surface area contributed by atoms with E-state index in [1.165, 1.54) is 24.8 Å². The summed E-state index contributed by atoms with van der Waals surface area (Å²) in [5, 5.41) is 3.46. The molecule has 0 spiro atoms. The second-order valence-electron chi connectivity index (χ2n) is 8.07. The lowest BCUT2D eigenvalue weighted by Gasteiger charge is -2.37. The van der Waals surface area contributed by atoms with Gasteiger partial charge in [0.15, 0.2) is 5.96 Å². The van der Waals surface area contributed by atoms with Crippen LogP contribution in [0.5, 0.6) is 5.75 Å². The molecule has 0 aromatic heterocycles. The molecule has 2 fully saturated rings.